The third-order valence-electron chi connectivity index (χ3n) is 4.23. The first-order valence-corrected chi connectivity index (χ1v) is 10.0. The van der Waals surface area contributed by atoms with Gasteiger partial charge in [0.05, 0.1) is 0 Å². The number of carbonyl (C=O) groups is 1. The van der Waals surface area contributed by atoms with Crippen molar-refractivity contribution in [2.45, 2.75) is 117 Å². The molecule has 0 aromatic carbocycles. The first-order chi connectivity index (χ1) is 11.2. The number of hydrogen-bond acceptors (Lipinski definition) is 2. The van der Waals surface area contributed by atoms with Gasteiger partial charge >= 0.3 is 5.97 Å². The Kier molecular flexibility index (Phi) is 17.0. The molecule has 0 rings (SSSR count). The molecular weight excluding hydrogens is 284 g/mol. The first-order valence-electron chi connectivity index (χ1n) is 10.0. The van der Waals surface area contributed by atoms with Crippen LogP contribution in [0.1, 0.15) is 111 Å². The summed E-state index contributed by atoms with van der Waals surface area (Å²) in [5.41, 5.74) is 0. The zero-order chi connectivity index (χ0) is 17.2. The van der Waals surface area contributed by atoms with E-state index >= 15 is 0 Å². The Labute approximate surface area is 145 Å². The summed E-state index contributed by atoms with van der Waals surface area (Å²) >= 11 is 0. The normalized spacial score (nSPS) is 12.7. The van der Waals surface area contributed by atoms with Gasteiger partial charge in [0.25, 0.3) is 0 Å². The molecule has 1 atom stereocenters. The summed E-state index contributed by atoms with van der Waals surface area (Å²) in [7, 11) is 0. The van der Waals surface area contributed by atoms with Gasteiger partial charge in [-0.1, -0.05) is 84.1 Å². The molecule has 0 spiro atoms. The first kappa shape index (κ1) is 22.2. The van der Waals surface area contributed by atoms with Crippen molar-refractivity contribution in [3.8, 4) is 0 Å². The van der Waals surface area contributed by atoms with Crippen LogP contribution in [0.2, 0.25) is 0 Å². The van der Waals surface area contributed by atoms with Crippen LogP contribution in [0.25, 0.3) is 0 Å². The van der Waals surface area contributed by atoms with E-state index in [1.54, 1.807) is 0 Å². The van der Waals surface area contributed by atoms with Crippen LogP contribution in [0.5, 0.6) is 0 Å². The van der Waals surface area contributed by atoms with Crippen LogP contribution in [0.4, 0.5) is 0 Å². The SMILES string of the molecule is CCCCCCCC/C=C/C(CCCCCCCC)OC(C)=O. The quantitative estimate of drug-likeness (QED) is 0.174. The van der Waals surface area contributed by atoms with E-state index in [9.17, 15) is 4.79 Å². The van der Waals surface area contributed by atoms with E-state index < -0.39 is 0 Å². The van der Waals surface area contributed by atoms with Gasteiger partial charge in [-0.15, -0.1) is 0 Å². The van der Waals surface area contributed by atoms with E-state index in [1.165, 1.54) is 77.6 Å². The van der Waals surface area contributed by atoms with Gasteiger partial charge in [0.15, 0.2) is 0 Å². The molecule has 0 saturated carbocycles. The largest absolute Gasteiger partial charge is 0.458 e. The van der Waals surface area contributed by atoms with Crippen molar-refractivity contribution in [2.24, 2.45) is 0 Å². The van der Waals surface area contributed by atoms with Gasteiger partial charge in [0, 0.05) is 6.92 Å². The highest BCUT2D eigenvalue weighted by Crippen LogP contribution is 2.13. The molecule has 0 aliphatic heterocycles. The number of allylic oxidation sites excluding steroid dienone is 1. The van der Waals surface area contributed by atoms with E-state index in [2.05, 4.69) is 26.0 Å². The zero-order valence-corrected chi connectivity index (χ0v) is 15.9. The summed E-state index contributed by atoms with van der Waals surface area (Å²) in [6, 6.07) is 0. The van der Waals surface area contributed by atoms with Crippen molar-refractivity contribution in [1.82, 2.24) is 0 Å². The molecular formula is C21H40O2. The molecule has 0 aromatic heterocycles. The molecule has 0 aliphatic rings. The summed E-state index contributed by atoms with van der Waals surface area (Å²) in [6.45, 7) is 6.00. The van der Waals surface area contributed by atoms with Gasteiger partial charge in [-0.2, -0.15) is 0 Å². The van der Waals surface area contributed by atoms with Gasteiger partial charge in [0.2, 0.25) is 0 Å². The van der Waals surface area contributed by atoms with E-state index in [0.29, 0.717) is 0 Å². The maximum atomic E-state index is 11.2. The second kappa shape index (κ2) is 17.6. The fraction of sp³-hybridized carbons (Fsp3) is 0.857. The van der Waals surface area contributed by atoms with E-state index in [1.807, 2.05) is 0 Å². The van der Waals surface area contributed by atoms with Gasteiger partial charge in [-0.25, -0.2) is 0 Å². The topological polar surface area (TPSA) is 26.3 Å². The molecule has 0 heterocycles. The standard InChI is InChI=1S/C21H40O2/c1-4-6-8-10-12-13-15-17-19-21(23-20(3)22)18-16-14-11-9-7-5-2/h17,19,21H,4-16,18H2,1-3H3/b19-17+. The lowest BCUT2D eigenvalue weighted by atomic mass is 10.1. The number of hydrogen-bond donors (Lipinski definition) is 0. The molecule has 0 saturated heterocycles. The molecule has 1 unspecified atom stereocenters. The molecule has 0 aliphatic carbocycles. The minimum atomic E-state index is -0.162. The molecule has 136 valence electrons. The number of unbranched alkanes of at least 4 members (excludes halogenated alkanes) is 11. The average Bonchev–Trinajstić information content (AvgIpc) is 2.52. The number of esters is 1. The van der Waals surface area contributed by atoms with Gasteiger partial charge in [-0.3, -0.25) is 4.79 Å². The summed E-state index contributed by atoms with van der Waals surface area (Å²) in [5.74, 6) is -0.162. The molecule has 0 fully saturated rings. The molecule has 0 aromatic rings. The molecule has 23 heavy (non-hydrogen) atoms. The lowest BCUT2D eigenvalue weighted by molar-refractivity contribution is -0.144. The van der Waals surface area contributed by atoms with Crippen molar-refractivity contribution in [2.75, 3.05) is 0 Å². The van der Waals surface area contributed by atoms with E-state index in [-0.39, 0.29) is 12.1 Å². The van der Waals surface area contributed by atoms with Crippen LogP contribution < -0.4 is 0 Å². The maximum absolute atomic E-state index is 11.2. The minimum absolute atomic E-state index is 0.0150. The fourth-order valence-electron chi connectivity index (χ4n) is 2.82. The highest BCUT2D eigenvalue weighted by Gasteiger charge is 2.07. The highest BCUT2D eigenvalue weighted by atomic mass is 16.5. The van der Waals surface area contributed by atoms with Crippen molar-refractivity contribution in [3.63, 3.8) is 0 Å². The zero-order valence-electron chi connectivity index (χ0n) is 15.9. The molecule has 2 heteroatoms. The predicted octanol–water partition coefficient (Wildman–Crippen LogP) is 6.98. The summed E-state index contributed by atoms with van der Waals surface area (Å²) in [6.07, 6.45) is 22.0. The van der Waals surface area contributed by atoms with Crippen LogP contribution >= 0.6 is 0 Å². The van der Waals surface area contributed by atoms with Crippen molar-refractivity contribution < 1.29 is 9.53 Å². The fourth-order valence-corrected chi connectivity index (χ4v) is 2.82. The van der Waals surface area contributed by atoms with Crippen molar-refractivity contribution in [3.05, 3.63) is 12.2 Å². The summed E-state index contributed by atoms with van der Waals surface area (Å²) in [5, 5.41) is 0. The van der Waals surface area contributed by atoms with E-state index in [0.717, 1.165) is 19.3 Å². The highest BCUT2D eigenvalue weighted by molar-refractivity contribution is 5.66. The van der Waals surface area contributed by atoms with E-state index in [4.69, 9.17) is 4.74 Å². The average molecular weight is 325 g/mol. The Morgan fingerprint density at radius 1 is 0.826 bits per heavy atom. The summed E-state index contributed by atoms with van der Waals surface area (Å²) < 4.78 is 5.41. The monoisotopic (exact) mass is 324 g/mol. The van der Waals surface area contributed by atoms with Crippen LogP contribution in [0.15, 0.2) is 12.2 Å². The lowest BCUT2D eigenvalue weighted by Crippen LogP contribution is -2.13. The number of rotatable bonds is 16. The molecule has 0 radical (unpaired) electrons. The third kappa shape index (κ3) is 17.4. The van der Waals surface area contributed by atoms with Crippen LogP contribution in [-0.2, 0) is 9.53 Å². The molecule has 0 bridgehead atoms. The van der Waals surface area contributed by atoms with Crippen LogP contribution in [-0.4, -0.2) is 12.1 Å². The Hall–Kier alpha value is -0.790. The van der Waals surface area contributed by atoms with Crippen molar-refractivity contribution >= 4 is 5.97 Å². The molecule has 2 nitrogen and oxygen atoms in total. The van der Waals surface area contributed by atoms with Gasteiger partial charge in [-0.05, 0) is 31.8 Å². The van der Waals surface area contributed by atoms with Gasteiger partial charge < -0.3 is 4.74 Å². The predicted molar refractivity (Wildman–Crippen MR) is 101 cm³/mol. The summed E-state index contributed by atoms with van der Waals surface area (Å²) in [4.78, 5) is 11.2. The Morgan fingerprint density at radius 3 is 1.91 bits per heavy atom. The Balaban J connectivity index is 3.77. The third-order valence-corrected chi connectivity index (χ3v) is 4.23. The Morgan fingerprint density at radius 2 is 1.35 bits per heavy atom. The molecule has 0 amide bonds. The van der Waals surface area contributed by atoms with Crippen molar-refractivity contribution in [1.29, 1.82) is 0 Å². The molecule has 0 N–H and O–H groups in total. The van der Waals surface area contributed by atoms with Crippen LogP contribution in [0, 0.1) is 0 Å². The number of carbonyl (C=O) groups excluding carboxylic acids is 1. The number of ether oxygens (including phenoxy) is 1. The Bertz CT molecular complexity index is 284. The second-order valence-electron chi connectivity index (χ2n) is 6.69. The van der Waals surface area contributed by atoms with Crippen LogP contribution in [0.3, 0.4) is 0 Å². The van der Waals surface area contributed by atoms with Gasteiger partial charge in [0.1, 0.15) is 6.10 Å². The maximum Gasteiger partial charge on any atom is 0.303 e. The lowest BCUT2D eigenvalue weighted by Gasteiger charge is -2.13. The smallest absolute Gasteiger partial charge is 0.303 e. The minimum Gasteiger partial charge on any atom is -0.458 e. The second-order valence-corrected chi connectivity index (χ2v) is 6.69.